The molecule has 1 aliphatic heterocycles. The van der Waals surface area contributed by atoms with E-state index in [0.717, 1.165) is 30.3 Å². The number of hydrogen-bond donors (Lipinski definition) is 0. The Hall–Kier alpha value is -1.07. The van der Waals surface area contributed by atoms with Gasteiger partial charge >= 0.3 is 0 Å². The van der Waals surface area contributed by atoms with Crippen LogP contribution in [0.3, 0.4) is 0 Å². The highest BCUT2D eigenvalue weighted by molar-refractivity contribution is 7.99. The molecule has 0 N–H and O–H groups in total. The van der Waals surface area contributed by atoms with E-state index in [2.05, 4.69) is 48.2 Å². The number of ether oxygens (including phenoxy) is 1. The third-order valence-electron chi connectivity index (χ3n) is 3.88. The Kier molecular flexibility index (Phi) is 6.70. The Morgan fingerprint density at radius 3 is 2.42 bits per heavy atom. The molecule has 0 atom stereocenters. The first-order valence-corrected chi connectivity index (χ1v) is 8.85. The topological polar surface area (TPSA) is 15.7 Å². The predicted molar refractivity (Wildman–Crippen MR) is 106 cm³/mol. The summed E-state index contributed by atoms with van der Waals surface area (Å²) in [4.78, 5) is 7.07. The molecule has 2 aromatic carbocycles. The van der Waals surface area contributed by atoms with Crippen LogP contribution in [0.2, 0.25) is 5.02 Å². The highest BCUT2D eigenvalue weighted by Crippen LogP contribution is 2.49. The number of rotatable bonds is 5. The van der Waals surface area contributed by atoms with Gasteiger partial charge in [0.2, 0.25) is 0 Å². The summed E-state index contributed by atoms with van der Waals surface area (Å²) >= 11 is 8.03. The minimum absolute atomic E-state index is 0. The predicted octanol–water partition coefficient (Wildman–Crippen LogP) is 5.32. The second-order valence-corrected chi connectivity index (χ2v) is 7.38. The van der Waals surface area contributed by atoms with Crippen LogP contribution in [0.25, 0.3) is 0 Å². The van der Waals surface area contributed by atoms with Crippen LogP contribution in [-0.4, -0.2) is 39.2 Å². The van der Waals surface area contributed by atoms with Crippen molar-refractivity contribution < 1.29 is 4.74 Å². The van der Waals surface area contributed by atoms with Crippen molar-refractivity contribution in [2.75, 3.05) is 39.2 Å². The van der Waals surface area contributed by atoms with E-state index in [9.17, 15) is 0 Å². The first kappa shape index (κ1) is 19.3. The van der Waals surface area contributed by atoms with E-state index in [1.54, 1.807) is 18.9 Å². The van der Waals surface area contributed by atoms with E-state index >= 15 is 0 Å². The normalized spacial score (nSPS) is 12.5. The molecule has 1 heterocycles. The van der Waals surface area contributed by atoms with Crippen molar-refractivity contribution in [1.82, 2.24) is 4.90 Å². The molecule has 0 radical (unpaired) electrons. The lowest BCUT2D eigenvalue weighted by molar-refractivity contribution is 0.402. The van der Waals surface area contributed by atoms with Gasteiger partial charge in [0, 0.05) is 27.4 Å². The molecule has 0 saturated heterocycles. The fourth-order valence-corrected chi connectivity index (χ4v) is 3.97. The average Bonchev–Trinajstić information content (AvgIpc) is 2.54. The molecule has 6 heteroatoms. The second kappa shape index (κ2) is 8.34. The molecule has 24 heavy (non-hydrogen) atoms. The van der Waals surface area contributed by atoms with Crippen LogP contribution in [0.4, 0.5) is 11.4 Å². The van der Waals surface area contributed by atoms with Gasteiger partial charge in [0.15, 0.2) is 0 Å². The highest BCUT2D eigenvalue weighted by atomic mass is 35.5. The van der Waals surface area contributed by atoms with Gasteiger partial charge in [-0.2, -0.15) is 0 Å². The fourth-order valence-electron chi connectivity index (χ4n) is 2.74. The van der Waals surface area contributed by atoms with Crippen LogP contribution in [0.15, 0.2) is 46.2 Å². The Balaban J connectivity index is 0.00000208. The molecule has 0 unspecified atom stereocenters. The van der Waals surface area contributed by atoms with Gasteiger partial charge in [-0.3, -0.25) is 0 Å². The van der Waals surface area contributed by atoms with Gasteiger partial charge in [0.1, 0.15) is 5.75 Å². The van der Waals surface area contributed by atoms with Crippen molar-refractivity contribution in [1.29, 1.82) is 0 Å². The Labute approximate surface area is 159 Å². The average molecular weight is 385 g/mol. The molecule has 0 aliphatic carbocycles. The third kappa shape index (κ3) is 4.12. The van der Waals surface area contributed by atoms with E-state index in [4.69, 9.17) is 16.3 Å². The zero-order chi connectivity index (χ0) is 16.4. The van der Waals surface area contributed by atoms with Crippen LogP contribution in [-0.2, 0) is 0 Å². The van der Waals surface area contributed by atoms with Crippen molar-refractivity contribution in [2.45, 2.75) is 16.2 Å². The van der Waals surface area contributed by atoms with Crippen LogP contribution < -0.4 is 9.64 Å². The molecule has 0 aromatic heterocycles. The molecule has 130 valence electrons. The Bertz CT molecular complexity index is 709. The van der Waals surface area contributed by atoms with Crippen molar-refractivity contribution in [3.8, 4) is 5.75 Å². The van der Waals surface area contributed by atoms with Gasteiger partial charge < -0.3 is 14.5 Å². The SMILES string of the molecule is COc1ccc2c(c1)N(CCCN(C)C)c1cc(Cl)ccc1S2.Cl. The van der Waals surface area contributed by atoms with Crippen molar-refractivity contribution >= 4 is 47.1 Å². The number of hydrogen-bond acceptors (Lipinski definition) is 4. The largest absolute Gasteiger partial charge is 0.497 e. The summed E-state index contributed by atoms with van der Waals surface area (Å²) in [6.07, 6.45) is 1.08. The number of nitrogens with zero attached hydrogens (tertiary/aromatic N) is 2. The van der Waals surface area contributed by atoms with Crippen molar-refractivity contribution in [3.63, 3.8) is 0 Å². The minimum Gasteiger partial charge on any atom is -0.497 e. The summed E-state index contributed by atoms with van der Waals surface area (Å²) in [6.45, 7) is 2.01. The smallest absolute Gasteiger partial charge is 0.121 e. The van der Waals surface area contributed by atoms with Crippen LogP contribution in [0.5, 0.6) is 5.75 Å². The van der Waals surface area contributed by atoms with E-state index in [0.29, 0.717) is 0 Å². The van der Waals surface area contributed by atoms with E-state index in [1.807, 2.05) is 12.1 Å². The van der Waals surface area contributed by atoms with E-state index < -0.39 is 0 Å². The van der Waals surface area contributed by atoms with Gasteiger partial charge in [-0.05, 0) is 57.4 Å². The van der Waals surface area contributed by atoms with Gasteiger partial charge in [-0.1, -0.05) is 23.4 Å². The first-order valence-electron chi connectivity index (χ1n) is 7.66. The van der Waals surface area contributed by atoms with Crippen LogP contribution in [0, 0.1) is 0 Å². The first-order chi connectivity index (χ1) is 11.1. The lowest BCUT2D eigenvalue weighted by Gasteiger charge is -2.33. The van der Waals surface area contributed by atoms with Gasteiger partial charge in [0.25, 0.3) is 0 Å². The molecule has 2 aromatic rings. The molecule has 3 rings (SSSR count). The van der Waals surface area contributed by atoms with Gasteiger partial charge in [-0.15, -0.1) is 12.4 Å². The Morgan fingerprint density at radius 2 is 1.75 bits per heavy atom. The van der Waals surface area contributed by atoms with Crippen LogP contribution >= 0.6 is 35.8 Å². The fraction of sp³-hybridized carbons (Fsp3) is 0.333. The number of benzene rings is 2. The maximum atomic E-state index is 6.24. The van der Waals surface area contributed by atoms with Crippen molar-refractivity contribution in [3.05, 3.63) is 41.4 Å². The standard InChI is InChI=1S/C18H21ClN2OS.ClH/c1-20(2)9-4-10-21-15-11-13(19)5-7-17(15)23-18-8-6-14(22-3)12-16(18)21;/h5-8,11-12H,4,9-10H2,1-3H3;1H. The summed E-state index contributed by atoms with van der Waals surface area (Å²) in [5.41, 5.74) is 2.38. The quantitative estimate of drug-likeness (QED) is 0.692. The molecule has 1 aliphatic rings. The maximum absolute atomic E-state index is 6.24. The van der Waals surface area contributed by atoms with Gasteiger partial charge in [-0.25, -0.2) is 0 Å². The molecule has 0 amide bonds. The van der Waals surface area contributed by atoms with E-state index in [1.165, 1.54) is 21.2 Å². The molecule has 0 fully saturated rings. The summed E-state index contributed by atoms with van der Waals surface area (Å²) in [6, 6.07) is 12.4. The zero-order valence-corrected chi connectivity index (χ0v) is 16.5. The third-order valence-corrected chi connectivity index (χ3v) is 5.24. The Morgan fingerprint density at radius 1 is 1.08 bits per heavy atom. The summed E-state index contributed by atoms with van der Waals surface area (Å²) in [7, 11) is 5.92. The molecular weight excluding hydrogens is 363 g/mol. The zero-order valence-electron chi connectivity index (χ0n) is 14.1. The van der Waals surface area contributed by atoms with E-state index in [-0.39, 0.29) is 12.4 Å². The molecule has 3 nitrogen and oxygen atoms in total. The lowest BCUT2D eigenvalue weighted by Crippen LogP contribution is -2.25. The maximum Gasteiger partial charge on any atom is 0.121 e. The number of halogens is 2. The molecular formula is C18H22Cl2N2OS. The molecule has 0 saturated carbocycles. The second-order valence-electron chi connectivity index (χ2n) is 5.86. The molecule has 0 spiro atoms. The minimum atomic E-state index is 0. The lowest BCUT2D eigenvalue weighted by atomic mass is 10.2. The van der Waals surface area contributed by atoms with Crippen LogP contribution in [0.1, 0.15) is 6.42 Å². The summed E-state index contributed by atoms with van der Waals surface area (Å²) < 4.78 is 5.41. The number of fused-ring (bicyclic) bond motifs is 2. The summed E-state index contributed by atoms with van der Waals surface area (Å²) in [5.74, 6) is 0.882. The number of methoxy groups -OCH3 is 1. The summed E-state index contributed by atoms with van der Waals surface area (Å²) in [5, 5.41) is 0.772. The van der Waals surface area contributed by atoms with Crippen molar-refractivity contribution in [2.24, 2.45) is 0 Å². The monoisotopic (exact) mass is 384 g/mol. The number of anilines is 2. The molecule has 0 bridgehead atoms. The highest BCUT2D eigenvalue weighted by Gasteiger charge is 2.24. The van der Waals surface area contributed by atoms with Gasteiger partial charge in [0.05, 0.1) is 18.5 Å².